The van der Waals surface area contributed by atoms with Gasteiger partial charge in [0.05, 0.1) is 19.2 Å². The number of rotatable bonds is 9. The molecular weight excluding hydrogens is 316 g/mol. The first-order chi connectivity index (χ1) is 12.2. The number of hydrogen-bond donors (Lipinski definition) is 2. The molecular formula is C19H28N4O2. The van der Waals surface area contributed by atoms with Crippen LogP contribution in [0, 0.1) is 11.3 Å². The summed E-state index contributed by atoms with van der Waals surface area (Å²) in [5.41, 5.74) is 1.20. The molecule has 1 amide bonds. The number of benzene rings is 1. The molecule has 1 aliphatic rings. The van der Waals surface area contributed by atoms with E-state index in [4.69, 9.17) is 10.00 Å². The molecule has 0 spiro atoms. The van der Waals surface area contributed by atoms with Crippen LogP contribution in [0.3, 0.4) is 0 Å². The van der Waals surface area contributed by atoms with Crippen molar-refractivity contribution in [2.75, 3.05) is 33.3 Å². The molecule has 0 aromatic heterocycles. The van der Waals surface area contributed by atoms with Gasteiger partial charge in [-0.1, -0.05) is 12.1 Å². The van der Waals surface area contributed by atoms with Crippen LogP contribution in [-0.2, 0) is 11.3 Å². The van der Waals surface area contributed by atoms with Gasteiger partial charge < -0.3 is 15.4 Å². The molecule has 0 radical (unpaired) electrons. The third kappa shape index (κ3) is 7.12. The summed E-state index contributed by atoms with van der Waals surface area (Å²) in [5.74, 6) is 0.940. The largest absolute Gasteiger partial charge is 0.494 e. The van der Waals surface area contributed by atoms with E-state index >= 15 is 0 Å². The van der Waals surface area contributed by atoms with Gasteiger partial charge in [-0.2, -0.15) is 5.26 Å². The molecule has 1 heterocycles. The molecule has 136 valence electrons. The van der Waals surface area contributed by atoms with Gasteiger partial charge in [-0.15, -0.1) is 0 Å². The lowest BCUT2D eigenvalue weighted by Crippen LogP contribution is -2.45. The average Bonchev–Trinajstić information content (AvgIpc) is 2.65. The molecule has 1 saturated heterocycles. The van der Waals surface area contributed by atoms with Crippen LogP contribution in [0.4, 0.5) is 0 Å². The van der Waals surface area contributed by atoms with Gasteiger partial charge in [-0.3, -0.25) is 9.69 Å². The van der Waals surface area contributed by atoms with Crippen molar-refractivity contribution in [3.05, 3.63) is 29.8 Å². The normalized spacial score (nSPS) is 15.5. The van der Waals surface area contributed by atoms with Crippen LogP contribution < -0.4 is 15.4 Å². The fraction of sp³-hybridized carbons (Fsp3) is 0.579. The maximum atomic E-state index is 11.4. The Labute approximate surface area is 150 Å². The van der Waals surface area contributed by atoms with Gasteiger partial charge in [-0.25, -0.2) is 0 Å². The minimum atomic E-state index is 0.0815. The minimum absolute atomic E-state index is 0.0815. The quantitative estimate of drug-likeness (QED) is 0.666. The lowest BCUT2D eigenvalue weighted by Gasteiger charge is -2.31. The molecule has 6 nitrogen and oxygen atoms in total. The lowest BCUT2D eigenvalue weighted by atomic mass is 10.0. The number of likely N-dealkylation sites (tertiary alicyclic amines) is 1. The summed E-state index contributed by atoms with van der Waals surface area (Å²) in [6.45, 7) is 3.79. The summed E-state index contributed by atoms with van der Waals surface area (Å²) in [5, 5.41) is 14.8. The molecule has 2 rings (SSSR count). The van der Waals surface area contributed by atoms with Gasteiger partial charge in [-0.05, 0) is 37.0 Å². The van der Waals surface area contributed by atoms with E-state index in [1.54, 1.807) is 7.05 Å². The highest BCUT2D eigenvalue weighted by atomic mass is 16.5. The highest BCUT2D eigenvalue weighted by molar-refractivity contribution is 5.77. The summed E-state index contributed by atoms with van der Waals surface area (Å²) in [6, 6.07) is 10.7. The van der Waals surface area contributed by atoms with Crippen LogP contribution >= 0.6 is 0 Å². The van der Waals surface area contributed by atoms with E-state index in [1.807, 2.05) is 12.1 Å². The predicted octanol–water partition coefficient (Wildman–Crippen LogP) is 1.67. The van der Waals surface area contributed by atoms with Crippen molar-refractivity contribution in [3.63, 3.8) is 0 Å². The van der Waals surface area contributed by atoms with E-state index in [-0.39, 0.29) is 5.91 Å². The smallest absolute Gasteiger partial charge is 0.233 e. The number of carbonyl (C=O) groups excluding carboxylic acids is 1. The molecule has 1 fully saturated rings. The third-order valence-corrected chi connectivity index (χ3v) is 4.43. The maximum absolute atomic E-state index is 11.4. The fourth-order valence-electron chi connectivity index (χ4n) is 2.93. The number of ether oxygens (including phenoxy) is 1. The van der Waals surface area contributed by atoms with Crippen LogP contribution in [0.15, 0.2) is 24.3 Å². The van der Waals surface area contributed by atoms with Crippen LogP contribution in [0.2, 0.25) is 0 Å². The molecule has 0 saturated carbocycles. The number of carbonyl (C=O) groups is 1. The van der Waals surface area contributed by atoms with Crippen molar-refractivity contribution in [2.24, 2.45) is 0 Å². The van der Waals surface area contributed by atoms with Crippen molar-refractivity contribution < 1.29 is 9.53 Å². The standard InChI is InChI=1S/C19H28N4O2/c1-21-19(24)15-23-10-7-17(8-11-23)22-14-16-5-4-6-18(13-16)25-12-3-2-9-20/h4-6,13,17,22H,2-3,7-8,10-12,14-15H2,1H3,(H,21,24). The van der Waals surface area contributed by atoms with Gasteiger partial charge in [0.1, 0.15) is 5.75 Å². The molecule has 0 aliphatic carbocycles. The Hall–Kier alpha value is -2.10. The van der Waals surface area contributed by atoms with Crippen molar-refractivity contribution in [2.45, 2.75) is 38.3 Å². The van der Waals surface area contributed by atoms with Gasteiger partial charge in [0.25, 0.3) is 0 Å². The lowest BCUT2D eigenvalue weighted by molar-refractivity contribution is -0.122. The Morgan fingerprint density at radius 2 is 2.20 bits per heavy atom. The second-order valence-electron chi connectivity index (χ2n) is 6.36. The topological polar surface area (TPSA) is 77.4 Å². The van der Waals surface area contributed by atoms with E-state index in [2.05, 4.69) is 33.7 Å². The number of nitrogens with one attached hydrogen (secondary N) is 2. The molecule has 0 bridgehead atoms. The maximum Gasteiger partial charge on any atom is 0.233 e. The van der Waals surface area contributed by atoms with Crippen molar-refractivity contribution in [1.82, 2.24) is 15.5 Å². The first-order valence-electron chi connectivity index (χ1n) is 8.96. The zero-order valence-electron chi connectivity index (χ0n) is 15.0. The fourth-order valence-corrected chi connectivity index (χ4v) is 2.93. The second kappa shape index (κ2) is 10.7. The van der Waals surface area contributed by atoms with Crippen LogP contribution in [0.1, 0.15) is 31.2 Å². The van der Waals surface area contributed by atoms with E-state index in [1.165, 1.54) is 5.56 Å². The minimum Gasteiger partial charge on any atom is -0.494 e. The van der Waals surface area contributed by atoms with Gasteiger partial charge in [0, 0.05) is 39.1 Å². The first kappa shape index (κ1) is 19.2. The Balaban J connectivity index is 1.69. The second-order valence-corrected chi connectivity index (χ2v) is 6.36. The van der Waals surface area contributed by atoms with Crippen LogP contribution in [-0.4, -0.2) is 50.1 Å². The molecule has 1 aromatic rings. The predicted molar refractivity (Wildman–Crippen MR) is 97.2 cm³/mol. The molecule has 1 aliphatic heterocycles. The Kier molecular flexibility index (Phi) is 8.23. The molecule has 1 aromatic carbocycles. The van der Waals surface area contributed by atoms with Crippen LogP contribution in [0.5, 0.6) is 5.75 Å². The number of nitrogens with zero attached hydrogens (tertiary/aromatic N) is 2. The molecule has 0 atom stereocenters. The SMILES string of the molecule is CNC(=O)CN1CCC(NCc2cccc(OCCCC#N)c2)CC1. The highest BCUT2D eigenvalue weighted by Gasteiger charge is 2.20. The van der Waals surface area contributed by atoms with E-state index < -0.39 is 0 Å². The summed E-state index contributed by atoms with van der Waals surface area (Å²) < 4.78 is 5.68. The van der Waals surface area contributed by atoms with Crippen LogP contribution in [0.25, 0.3) is 0 Å². The van der Waals surface area contributed by atoms with E-state index in [0.29, 0.717) is 25.6 Å². The van der Waals surface area contributed by atoms with Crippen molar-refractivity contribution >= 4 is 5.91 Å². The van der Waals surface area contributed by atoms with Crippen molar-refractivity contribution in [3.8, 4) is 11.8 Å². The number of nitriles is 1. The average molecular weight is 344 g/mol. The van der Waals surface area contributed by atoms with Gasteiger partial charge in [0.15, 0.2) is 0 Å². The number of amides is 1. The molecule has 6 heteroatoms. The van der Waals surface area contributed by atoms with E-state index in [9.17, 15) is 4.79 Å². The van der Waals surface area contributed by atoms with E-state index in [0.717, 1.165) is 44.6 Å². The molecule has 0 unspecified atom stereocenters. The number of likely N-dealkylation sites (N-methyl/N-ethyl adjacent to an activating group) is 1. The summed E-state index contributed by atoms with van der Waals surface area (Å²) in [7, 11) is 1.68. The number of hydrogen-bond acceptors (Lipinski definition) is 5. The van der Waals surface area contributed by atoms with Crippen molar-refractivity contribution in [1.29, 1.82) is 5.26 Å². The number of piperidine rings is 1. The molecule has 25 heavy (non-hydrogen) atoms. The highest BCUT2D eigenvalue weighted by Crippen LogP contribution is 2.15. The Morgan fingerprint density at radius 1 is 1.40 bits per heavy atom. The zero-order valence-corrected chi connectivity index (χ0v) is 15.0. The van der Waals surface area contributed by atoms with Gasteiger partial charge in [0.2, 0.25) is 5.91 Å². The first-order valence-corrected chi connectivity index (χ1v) is 8.96. The monoisotopic (exact) mass is 344 g/mol. The van der Waals surface area contributed by atoms with Gasteiger partial charge >= 0.3 is 0 Å². The third-order valence-electron chi connectivity index (χ3n) is 4.43. The summed E-state index contributed by atoms with van der Waals surface area (Å²) in [6.07, 6.45) is 3.40. The molecule has 2 N–H and O–H groups in total. The zero-order chi connectivity index (χ0) is 17.9. The Morgan fingerprint density at radius 3 is 2.92 bits per heavy atom. The Bertz CT molecular complexity index is 577. The number of unbranched alkanes of at least 4 members (excludes halogenated alkanes) is 1. The summed E-state index contributed by atoms with van der Waals surface area (Å²) in [4.78, 5) is 13.6. The summed E-state index contributed by atoms with van der Waals surface area (Å²) >= 11 is 0.